The average molecular weight is 771 g/mol. The van der Waals surface area contributed by atoms with Gasteiger partial charge in [-0.2, -0.15) is 0 Å². The lowest BCUT2D eigenvalue weighted by molar-refractivity contribution is 0.668. The minimum absolute atomic E-state index is 0.370. The lowest BCUT2D eigenvalue weighted by Crippen LogP contribution is -2.19. The molecule has 0 radical (unpaired) electrons. The molecule has 0 amide bonds. The molecule has 4 nitrogen and oxygen atoms in total. The van der Waals surface area contributed by atoms with Gasteiger partial charge in [0.25, 0.3) is 0 Å². The van der Waals surface area contributed by atoms with Crippen molar-refractivity contribution < 1.29 is 8.83 Å². The number of para-hydroxylation sites is 2. The minimum atomic E-state index is -0.370. The molecule has 0 spiro atoms. The van der Waals surface area contributed by atoms with Crippen molar-refractivity contribution in [3.63, 3.8) is 0 Å². The highest BCUT2D eigenvalue weighted by Crippen LogP contribution is 2.45. The summed E-state index contributed by atoms with van der Waals surface area (Å²) in [6.45, 7) is 2.23. The van der Waals surface area contributed by atoms with Crippen LogP contribution in [0.25, 0.3) is 93.4 Å². The Labute approximate surface area is 346 Å². The molecule has 0 aliphatic carbocycles. The van der Waals surface area contributed by atoms with Crippen molar-refractivity contribution in [3.8, 4) is 22.3 Å². The molecule has 60 heavy (non-hydrogen) atoms. The fraction of sp³-hybridized carbons (Fsp3) is 0.0536. The summed E-state index contributed by atoms with van der Waals surface area (Å²) >= 11 is 0. The molecule has 12 rings (SSSR count). The molecule has 3 heterocycles. The zero-order chi connectivity index (χ0) is 39.7. The third kappa shape index (κ3) is 5.49. The van der Waals surface area contributed by atoms with Gasteiger partial charge in [0.2, 0.25) is 0 Å². The van der Waals surface area contributed by atoms with Crippen molar-refractivity contribution in [1.29, 1.82) is 0 Å². The lowest BCUT2D eigenvalue weighted by atomic mass is 9.89. The molecule has 0 saturated heterocycles. The van der Waals surface area contributed by atoms with Crippen molar-refractivity contribution in [2.45, 2.75) is 19.5 Å². The second kappa shape index (κ2) is 13.7. The number of allylic oxidation sites excluding steroid dienone is 1. The third-order valence-electron chi connectivity index (χ3n) is 12.3. The quantitative estimate of drug-likeness (QED) is 0.190. The molecule has 1 unspecified atom stereocenters. The van der Waals surface area contributed by atoms with Gasteiger partial charge in [0, 0.05) is 56.1 Å². The topological polar surface area (TPSA) is 50.7 Å². The van der Waals surface area contributed by atoms with E-state index in [1.165, 1.54) is 16.3 Å². The van der Waals surface area contributed by atoms with Crippen molar-refractivity contribution in [1.82, 2.24) is 5.32 Å². The second-order valence-corrected chi connectivity index (χ2v) is 15.9. The number of nitrogens with one attached hydrogen (secondary N) is 1. The van der Waals surface area contributed by atoms with Crippen LogP contribution in [-0.4, -0.2) is 5.71 Å². The molecule has 0 saturated carbocycles. The van der Waals surface area contributed by atoms with E-state index in [0.29, 0.717) is 6.42 Å². The van der Waals surface area contributed by atoms with Gasteiger partial charge in [-0.25, -0.2) is 0 Å². The maximum absolute atomic E-state index is 6.79. The first-order valence-electron chi connectivity index (χ1n) is 20.6. The molecular weight excluding hydrogens is 733 g/mol. The first kappa shape index (κ1) is 34.4. The average Bonchev–Trinajstić information content (AvgIpc) is 3.84. The number of aliphatic imine (C=N–C) groups is 1. The van der Waals surface area contributed by atoms with Crippen LogP contribution in [0.1, 0.15) is 36.2 Å². The summed E-state index contributed by atoms with van der Waals surface area (Å²) in [6.07, 6.45) is 0.338. The highest BCUT2D eigenvalue weighted by atomic mass is 16.3. The van der Waals surface area contributed by atoms with Crippen molar-refractivity contribution in [2.24, 2.45) is 4.99 Å². The molecule has 11 aromatic rings. The smallest absolute Gasteiger partial charge is 0.145 e. The summed E-state index contributed by atoms with van der Waals surface area (Å²) in [5.74, 6) is 0. The van der Waals surface area contributed by atoms with Crippen LogP contribution >= 0.6 is 0 Å². The number of nitrogens with zero attached hydrogens (tertiary/aromatic N) is 1. The zero-order valence-corrected chi connectivity index (χ0v) is 32.9. The number of furan rings is 2. The van der Waals surface area contributed by atoms with Gasteiger partial charge in [0.15, 0.2) is 0 Å². The fourth-order valence-electron chi connectivity index (χ4n) is 9.51. The molecule has 284 valence electrons. The van der Waals surface area contributed by atoms with E-state index < -0.39 is 0 Å². The molecule has 0 fully saturated rings. The third-order valence-corrected chi connectivity index (χ3v) is 12.3. The first-order chi connectivity index (χ1) is 29.7. The summed E-state index contributed by atoms with van der Waals surface area (Å²) in [4.78, 5) is 5.60. The van der Waals surface area contributed by atoms with E-state index in [0.717, 1.165) is 105 Å². The second-order valence-electron chi connectivity index (χ2n) is 15.9. The van der Waals surface area contributed by atoms with E-state index >= 15 is 0 Å². The van der Waals surface area contributed by atoms with Crippen molar-refractivity contribution in [2.75, 3.05) is 0 Å². The molecule has 2 aromatic heterocycles. The van der Waals surface area contributed by atoms with Crippen molar-refractivity contribution in [3.05, 3.63) is 210 Å². The van der Waals surface area contributed by atoms with Crippen LogP contribution in [-0.2, 0) is 0 Å². The summed E-state index contributed by atoms with van der Waals surface area (Å²) in [7, 11) is 0. The summed E-state index contributed by atoms with van der Waals surface area (Å²) in [5.41, 5.74) is 14.7. The normalized spacial score (nSPS) is 14.7. The van der Waals surface area contributed by atoms with Crippen LogP contribution in [0.2, 0.25) is 0 Å². The maximum Gasteiger partial charge on any atom is 0.145 e. The molecule has 1 aliphatic rings. The van der Waals surface area contributed by atoms with E-state index in [1.807, 2.05) is 18.2 Å². The Morgan fingerprint density at radius 3 is 1.95 bits per heavy atom. The van der Waals surface area contributed by atoms with Crippen LogP contribution in [0.15, 0.2) is 207 Å². The van der Waals surface area contributed by atoms with Gasteiger partial charge in [0.1, 0.15) is 28.5 Å². The Morgan fingerprint density at radius 2 is 1.12 bits per heavy atom. The highest BCUT2D eigenvalue weighted by molar-refractivity contribution is 6.19. The van der Waals surface area contributed by atoms with Crippen LogP contribution in [0.4, 0.5) is 0 Å². The highest BCUT2D eigenvalue weighted by Gasteiger charge is 2.26. The fourth-order valence-corrected chi connectivity index (χ4v) is 9.51. The Bertz CT molecular complexity index is 3570. The van der Waals surface area contributed by atoms with E-state index in [9.17, 15) is 0 Å². The van der Waals surface area contributed by atoms with Gasteiger partial charge in [-0.15, -0.1) is 0 Å². The van der Waals surface area contributed by atoms with Gasteiger partial charge in [-0.3, -0.25) is 4.99 Å². The SMILES string of the molecule is CC1=C(c2cccc3oc4ccccc4c23)NC(c2ccc(-c3ccc(-c4ccc5ccccc5c4)c4oc5ccccc5c34)c3ccccc23)N=C(c2ccccc2)C1. The summed E-state index contributed by atoms with van der Waals surface area (Å²) in [6, 6.07) is 66.7. The minimum Gasteiger partial charge on any atom is -0.456 e. The van der Waals surface area contributed by atoms with Crippen LogP contribution < -0.4 is 5.32 Å². The number of benzene rings is 9. The standard InChI is InChI=1S/C56H38N2O2/c1-34-32-48(36-15-3-2-4-16-36)57-56(58-54(34)47-22-13-25-51-52(47)45-20-9-11-23-49(45)59-51)44-31-29-42(40-18-7-8-19-41(40)44)43-30-28-39(38-27-26-35-14-5-6-17-37(35)33-38)55-53(43)46-21-10-12-24-50(46)60-55/h2-31,33,56,58H,32H2,1H3. The molecule has 1 atom stereocenters. The van der Waals surface area contributed by atoms with Gasteiger partial charge in [0.05, 0.1) is 0 Å². The Morgan fingerprint density at radius 1 is 0.467 bits per heavy atom. The molecule has 9 aromatic carbocycles. The first-order valence-corrected chi connectivity index (χ1v) is 20.6. The Hall–Kier alpha value is -7.69. The maximum atomic E-state index is 6.79. The molecule has 4 heteroatoms. The van der Waals surface area contributed by atoms with E-state index in [1.54, 1.807) is 0 Å². The van der Waals surface area contributed by atoms with E-state index in [4.69, 9.17) is 13.8 Å². The number of rotatable bonds is 5. The number of fused-ring (bicyclic) bond motifs is 8. The van der Waals surface area contributed by atoms with Gasteiger partial charge >= 0.3 is 0 Å². The predicted molar refractivity (Wildman–Crippen MR) is 249 cm³/mol. The number of hydrogen-bond acceptors (Lipinski definition) is 4. The molecular formula is C56H38N2O2. The largest absolute Gasteiger partial charge is 0.456 e. The Kier molecular flexibility index (Phi) is 7.85. The molecule has 0 bridgehead atoms. The monoisotopic (exact) mass is 770 g/mol. The van der Waals surface area contributed by atoms with Gasteiger partial charge in [-0.1, -0.05) is 158 Å². The van der Waals surface area contributed by atoms with Crippen LogP contribution in [0.5, 0.6) is 0 Å². The van der Waals surface area contributed by atoms with E-state index in [2.05, 4.69) is 182 Å². The van der Waals surface area contributed by atoms with Crippen molar-refractivity contribution >= 4 is 76.8 Å². The van der Waals surface area contributed by atoms with Crippen LogP contribution in [0, 0.1) is 0 Å². The molecule has 1 N–H and O–H groups in total. The zero-order valence-electron chi connectivity index (χ0n) is 32.9. The van der Waals surface area contributed by atoms with Gasteiger partial charge < -0.3 is 14.2 Å². The van der Waals surface area contributed by atoms with E-state index in [-0.39, 0.29) is 6.17 Å². The Balaban J connectivity index is 1.05. The lowest BCUT2D eigenvalue weighted by Gasteiger charge is -2.22. The number of hydrogen-bond donors (Lipinski definition) is 1. The summed E-state index contributed by atoms with van der Waals surface area (Å²) < 4.78 is 13.2. The van der Waals surface area contributed by atoms with Gasteiger partial charge in [-0.05, 0) is 86.6 Å². The predicted octanol–water partition coefficient (Wildman–Crippen LogP) is 15.0. The molecule has 1 aliphatic heterocycles. The summed E-state index contributed by atoms with van der Waals surface area (Å²) in [5, 5.41) is 13.2. The van der Waals surface area contributed by atoms with Crippen LogP contribution in [0.3, 0.4) is 0 Å².